The Kier molecular flexibility index (Phi) is 6.67. The lowest BCUT2D eigenvalue weighted by Gasteiger charge is -2.07. The van der Waals surface area contributed by atoms with E-state index in [-0.39, 0.29) is 17.2 Å². The molecule has 0 aromatic heterocycles. The molecule has 2 aromatic rings. The average Bonchev–Trinajstić information content (AvgIpc) is 2.65. The number of ketones is 1. The van der Waals surface area contributed by atoms with E-state index < -0.39 is 23.3 Å². The number of benzene rings is 2. The number of nitrogens with one attached hydrogen (secondary N) is 1. The molecule has 0 aliphatic rings. The van der Waals surface area contributed by atoms with Crippen LogP contribution in [0.2, 0.25) is 0 Å². The number of hydrogen-bond donors (Lipinski definition) is 1. The molecule has 0 atom stereocenters. The molecule has 0 saturated carbocycles. The first-order chi connectivity index (χ1) is 12.8. The highest BCUT2D eigenvalue weighted by Crippen LogP contribution is 2.28. The lowest BCUT2D eigenvalue weighted by Crippen LogP contribution is -2.14. The van der Waals surface area contributed by atoms with E-state index in [0.717, 1.165) is 6.07 Å². The minimum atomic E-state index is -0.825. The molecule has 0 heterocycles. The molecule has 0 saturated heterocycles. The summed E-state index contributed by atoms with van der Waals surface area (Å²) in [5.74, 6) is -1.49. The van der Waals surface area contributed by atoms with Gasteiger partial charge in [0.25, 0.3) is 5.69 Å². The number of anilines is 1. The Labute approximate surface area is 159 Å². The van der Waals surface area contributed by atoms with E-state index in [9.17, 15) is 24.5 Å². The highest BCUT2D eigenvalue weighted by molar-refractivity contribution is 7.98. The second kappa shape index (κ2) is 8.95. The van der Waals surface area contributed by atoms with Gasteiger partial charge in [-0.2, -0.15) is 0 Å². The first-order valence-electron chi connectivity index (χ1n) is 7.72. The topological polar surface area (TPSA) is 116 Å². The first kappa shape index (κ1) is 20.1. The Hall–Kier alpha value is -3.20. The van der Waals surface area contributed by atoms with E-state index in [1.54, 1.807) is 18.4 Å². The van der Waals surface area contributed by atoms with Gasteiger partial charge in [0.2, 0.25) is 5.91 Å². The zero-order valence-corrected chi connectivity index (χ0v) is 15.4. The molecule has 2 rings (SSSR count). The largest absolute Gasteiger partial charge is 0.454 e. The van der Waals surface area contributed by atoms with E-state index in [0.29, 0.717) is 16.1 Å². The maximum atomic E-state index is 12.1. The van der Waals surface area contributed by atoms with Crippen molar-refractivity contribution in [2.24, 2.45) is 0 Å². The van der Waals surface area contributed by atoms with Gasteiger partial charge in [-0.25, -0.2) is 4.79 Å². The number of nitro groups is 1. The summed E-state index contributed by atoms with van der Waals surface area (Å²) in [6, 6.07) is 10.1. The van der Waals surface area contributed by atoms with Crippen molar-refractivity contribution in [1.29, 1.82) is 0 Å². The molecule has 2 aromatic carbocycles. The molecule has 140 valence electrons. The van der Waals surface area contributed by atoms with Crippen LogP contribution in [-0.4, -0.2) is 35.4 Å². The second-order valence-corrected chi connectivity index (χ2v) is 6.25. The summed E-state index contributed by atoms with van der Waals surface area (Å²) in [6.45, 7) is 0.866. The fourth-order valence-electron chi connectivity index (χ4n) is 2.20. The monoisotopic (exact) mass is 388 g/mol. The summed E-state index contributed by atoms with van der Waals surface area (Å²) in [7, 11) is 0. The molecule has 0 bridgehead atoms. The molecular weight excluding hydrogens is 372 g/mol. The number of nitro benzene ring substituents is 1. The number of esters is 1. The molecule has 8 nitrogen and oxygen atoms in total. The molecule has 1 amide bonds. The number of hydrogen-bond acceptors (Lipinski definition) is 7. The summed E-state index contributed by atoms with van der Waals surface area (Å²) < 4.78 is 4.96. The number of Topliss-reactive ketones (excluding diaryl/α,β-unsaturated/α-hetero) is 1. The number of carbonyl (C=O) groups is 3. The smallest absolute Gasteiger partial charge is 0.338 e. The molecule has 0 aliphatic heterocycles. The predicted molar refractivity (Wildman–Crippen MR) is 100 cm³/mol. The molecule has 9 heteroatoms. The van der Waals surface area contributed by atoms with Crippen LogP contribution in [-0.2, 0) is 9.53 Å². The minimum absolute atomic E-state index is 0.00620. The summed E-state index contributed by atoms with van der Waals surface area (Å²) >= 11 is 1.19. The summed E-state index contributed by atoms with van der Waals surface area (Å²) in [6.07, 6.45) is 1.69. The number of nitrogens with zero attached hydrogens (tertiary/aromatic N) is 1. The van der Waals surface area contributed by atoms with Crippen molar-refractivity contribution in [2.75, 3.05) is 18.2 Å². The van der Waals surface area contributed by atoms with Crippen LogP contribution in [0.4, 0.5) is 11.4 Å². The van der Waals surface area contributed by atoms with Crippen LogP contribution >= 0.6 is 11.8 Å². The average molecular weight is 388 g/mol. The highest BCUT2D eigenvalue weighted by atomic mass is 32.2. The van der Waals surface area contributed by atoms with E-state index in [2.05, 4.69) is 5.32 Å². The Bertz CT molecular complexity index is 895. The Balaban J connectivity index is 2.02. The van der Waals surface area contributed by atoms with Gasteiger partial charge in [-0.15, -0.1) is 11.8 Å². The van der Waals surface area contributed by atoms with Crippen molar-refractivity contribution in [3.05, 3.63) is 63.7 Å². The van der Waals surface area contributed by atoms with Gasteiger partial charge < -0.3 is 10.1 Å². The van der Waals surface area contributed by atoms with E-state index in [1.807, 2.05) is 0 Å². The molecule has 0 spiro atoms. The fraction of sp³-hybridized carbons (Fsp3) is 0.167. The van der Waals surface area contributed by atoms with Crippen molar-refractivity contribution in [1.82, 2.24) is 0 Å². The van der Waals surface area contributed by atoms with Crippen LogP contribution < -0.4 is 5.32 Å². The van der Waals surface area contributed by atoms with Crippen molar-refractivity contribution >= 4 is 40.8 Å². The maximum absolute atomic E-state index is 12.1. The lowest BCUT2D eigenvalue weighted by molar-refractivity contribution is -0.387. The highest BCUT2D eigenvalue weighted by Gasteiger charge is 2.19. The standard InChI is InChI=1S/C18H16N2O6S/c1-11(21)19-14-6-3-12(4-7-14)16(22)10-26-18(23)13-5-8-17(27-2)15(9-13)20(24)25/h3-9H,10H2,1-2H3,(H,19,21). The van der Waals surface area contributed by atoms with Gasteiger partial charge in [0.05, 0.1) is 15.4 Å². The maximum Gasteiger partial charge on any atom is 0.338 e. The normalized spacial score (nSPS) is 10.1. The van der Waals surface area contributed by atoms with Gasteiger partial charge in [0, 0.05) is 24.2 Å². The van der Waals surface area contributed by atoms with Gasteiger partial charge in [-0.05, 0) is 42.7 Å². The first-order valence-corrected chi connectivity index (χ1v) is 8.94. The third-order valence-electron chi connectivity index (χ3n) is 3.47. The number of carbonyl (C=O) groups excluding carboxylic acids is 3. The number of rotatable bonds is 7. The molecule has 0 aliphatic carbocycles. The van der Waals surface area contributed by atoms with E-state index >= 15 is 0 Å². The summed E-state index contributed by atoms with van der Waals surface area (Å²) in [4.78, 5) is 46.1. The molecule has 0 radical (unpaired) electrons. The third kappa shape index (κ3) is 5.38. The minimum Gasteiger partial charge on any atom is -0.454 e. The number of ether oxygens (including phenoxy) is 1. The van der Waals surface area contributed by atoms with Crippen LogP contribution in [0.3, 0.4) is 0 Å². The van der Waals surface area contributed by atoms with Gasteiger partial charge in [-0.3, -0.25) is 19.7 Å². The van der Waals surface area contributed by atoms with Crippen LogP contribution in [0.25, 0.3) is 0 Å². The SMILES string of the molecule is CSc1ccc(C(=O)OCC(=O)c2ccc(NC(C)=O)cc2)cc1[N+](=O)[O-]. The van der Waals surface area contributed by atoms with Crippen molar-refractivity contribution in [3.8, 4) is 0 Å². The molecule has 27 heavy (non-hydrogen) atoms. The van der Waals surface area contributed by atoms with Crippen LogP contribution in [0.1, 0.15) is 27.6 Å². The Morgan fingerprint density at radius 2 is 1.74 bits per heavy atom. The third-order valence-corrected chi connectivity index (χ3v) is 4.26. The van der Waals surface area contributed by atoms with E-state index in [1.165, 1.54) is 43.0 Å². The van der Waals surface area contributed by atoms with Crippen molar-refractivity contribution in [2.45, 2.75) is 11.8 Å². The fourth-order valence-corrected chi connectivity index (χ4v) is 2.75. The lowest BCUT2D eigenvalue weighted by atomic mass is 10.1. The Morgan fingerprint density at radius 3 is 2.30 bits per heavy atom. The zero-order chi connectivity index (χ0) is 20.0. The van der Waals surface area contributed by atoms with Gasteiger partial charge >= 0.3 is 5.97 Å². The quantitative estimate of drug-likeness (QED) is 0.254. The molecule has 0 unspecified atom stereocenters. The number of amides is 1. The predicted octanol–water partition coefficient (Wildman–Crippen LogP) is 3.31. The number of thioether (sulfide) groups is 1. The van der Waals surface area contributed by atoms with Crippen LogP contribution in [0.5, 0.6) is 0 Å². The van der Waals surface area contributed by atoms with Crippen molar-refractivity contribution < 1.29 is 24.0 Å². The second-order valence-electron chi connectivity index (χ2n) is 5.40. The van der Waals surface area contributed by atoms with Crippen LogP contribution in [0, 0.1) is 10.1 Å². The van der Waals surface area contributed by atoms with E-state index in [4.69, 9.17) is 4.74 Å². The molecular formula is C18H16N2O6S. The van der Waals surface area contributed by atoms with Crippen LogP contribution in [0.15, 0.2) is 47.4 Å². The Morgan fingerprint density at radius 1 is 1.11 bits per heavy atom. The van der Waals surface area contributed by atoms with Gasteiger partial charge in [0.1, 0.15) is 0 Å². The molecule has 0 fully saturated rings. The van der Waals surface area contributed by atoms with Gasteiger partial charge in [0.15, 0.2) is 12.4 Å². The van der Waals surface area contributed by atoms with Gasteiger partial charge in [-0.1, -0.05) is 0 Å². The summed E-state index contributed by atoms with van der Waals surface area (Å²) in [5, 5.41) is 13.6. The zero-order valence-electron chi connectivity index (χ0n) is 14.6. The molecule has 1 N–H and O–H groups in total. The summed E-state index contributed by atoms with van der Waals surface area (Å²) in [5.41, 5.74) is 0.642. The van der Waals surface area contributed by atoms with Crippen molar-refractivity contribution in [3.63, 3.8) is 0 Å².